The van der Waals surface area contributed by atoms with Gasteiger partial charge in [0.15, 0.2) is 18.1 Å². The SMILES string of the molecule is CCOC(=O)c1ccc(N2C(=O)[C@H]3[C@H](c4ccc(OCC(=O)Nc5ccc(Cl)cc5)c(OCC)c4)c4sc(=O)[nH]c4S[C@H]3C2=O)cc1. The maximum Gasteiger partial charge on any atom is 0.338 e. The van der Waals surface area contributed by atoms with Gasteiger partial charge in [-0.3, -0.25) is 19.2 Å². The van der Waals surface area contributed by atoms with Crippen LogP contribution < -0.4 is 24.6 Å². The van der Waals surface area contributed by atoms with E-state index in [4.69, 9.17) is 25.8 Å². The van der Waals surface area contributed by atoms with Gasteiger partial charge in [0.25, 0.3) is 5.91 Å². The molecule has 1 aromatic heterocycles. The minimum absolute atomic E-state index is 0.218. The first-order valence-electron chi connectivity index (χ1n) is 14.7. The Labute approximate surface area is 282 Å². The van der Waals surface area contributed by atoms with Crippen LogP contribution in [0.25, 0.3) is 0 Å². The van der Waals surface area contributed by atoms with Crippen molar-refractivity contribution in [2.45, 2.75) is 30.0 Å². The first kappa shape index (κ1) is 32.4. The van der Waals surface area contributed by atoms with E-state index in [1.54, 1.807) is 68.4 Å². The molecule has 3 atom stereocenters. The fourth-order valence-corrected chi connectivity index (χ4v) is 8.21. The van der Waals surface area contributed by atoms with Crippen LogP contribution in [-0.4, -0.2) is 53.7 Å². The van der Waals surface area contributed by atoms with Crippen LogP contribution in [0.15, 0.2) is 76.6 Å². The largest absolute Gasteiger partial charge is 0.490 e. The Morgan fingerprint density at radius 1 is 0.915 bits per heavy atom. The van der Waals surface area contributed by atoms with Crippen molar-refractivity contribution in [2.24, 2.45) is 5.92 Å². The van der Waals surface area contributed by atoms with Crippen LogP contribution in [0.4, 0.5) is 11.4 Å². The molecule has 242 valence electrons. The second-order valence-electron chi connectivity index (χ2n) is 10.5. The Balaban J connectivity index is 1.29. The number of anilines is 2. The van der Waals surface area contributed by atoms with Crippen molar-refractivity contribution in [3.63, 3.8) is 0 Å². The van der Waals surface area contributed by atoms with E-state index < -0.39 is 40.8 Å². The molecule has 11 nitrogen and oxygen atoms in total. The summed E-state index contributed by atoms with van der Waals surface area (Å²) in [6.07, 6.45) is 0. The topological polar surface area (TPSA) is 144 Å². The molecule has 0 aliphatic carbocycles. The Hall–Kier alpha value is -4.59. The molecule has 3 aromatic carbocycles. The number of rotatable bonds is 10. The lowest BCUT2D eigenvalue weighted by Gasteiger charge is -2.30. The van der Waals surface area contributed by atoms with Gasteiger partial charge in [-0.05, 0) is 80.1 Å². The highest BCUT2D eigenvalue weighted by atomic mass is 35.5. The number of benzene rings is 3. The Morgan fingerprint density at radius 2 is 1.66 bits per heavy atom. The molecule has 1 fully saturated rings. The van der Waals surface area contributed by atoms with Gasteiger partial charge in [0.2, 0.25) is 11.8 Å². The molecule has 1 saturated heterocycles. The summed E-state index contributed by atoms with van der Waals surface area (Å²) in [4.78, 5) is 69.4. The van der Waals surface area contributed by atoms with Crippen molar-refractivity contribution in [1.29, 1.82) is 0 Å². The van der Waals surface area contributed by atoms with Crippen LogP contribution in [0.2, 0.25) is 5.02 Å². The smallest absolute Gasteiger partial charge is 0.338 e. The van der Waals surface area contributed by atoms with Gasteiger partial charge < -0.3 is 24.5 Å². The van der Waals surface area contributed by atoms with E-state index in [2.05, 4.69) is 10.3 Å². The number of halogens is 1. The molecule has 0 spiro atoms. The quantitative estimate of drug-likeness (QED) is 0.163. The molecule has 0 unspecified atom stereocenters. The summed E-state index contributed by atoms with van der Waals surface area (Å²) in [6, 6.07) is 17.9. The standard InChI is InChI=1S/C33H28ClN3O8S2/c1-3-43-23-15-18(7-14-22(23)45-16-24(38)35-20-10-8-19(34)9-11-20)25-26-28(46-29-27(25)47-33(42)36-29)31(40)37(30(26)39)21-12-5-17(6-13-21)32(41)44-4-2/h5-15,25-26,28H,3-4,16H2,1-2H3,(H,35,38)(H,36,42)/t25-,26-,28+/m0/s1. The number of esters is 1. The number of hydrogen-bond acceptors (Lipinski definition) is 10. The maximum atomic E-state index is 14.1. The zero-order valence-corrected chi connectivity index (χ0v) is 27.5. The first-order chi connectivity index (χ1) is 22.7. The first-order valence-corrected chi connectivity index (χ1v) is 16.8. The normalized spacial score (nSPS) is 18.4. The van der Waals surface area contributed by atoms with Crippen molar-refractivity contribution < 1.29 is 33.4 Å². The van der Waals surface area contributed by atoms with E-state index in [1.165, 1.54) is 12.1 Å². The number of hydrogen-bond donors (Lipinski definition) is 2. The highest BCUT2D eigenvalue weighted by Crippen LogP contribution is 2.53. The van der Waals surface area contributed by atoms with Crippen LogP contribution in [0.5, 0.6) is 11.5 Å². The molecule has 6 rings (SSSR count). The highest BCUT2D eigenvalue weighted by molar-refractivity contribution is 8.00. The predicted molar refractivity (Wildman–Crippen MR) is 178 cm³/mol. The Morgan fingerprint density at radius 3 is 2.36 bits per heavy atom. The van der Waals surface area contributed by atoms with E-state index in [9.17, 15) is 24.0 Å². The predicted octanol–water partition coefficient (Wildman–Crippen LogP) is 5.48. The molecule has 4 aromatic rings. The van der Waals surface area contributed by atoms with Crippen LogP contribution in [0.1, 0.15) is 40.6 Å². The van der Waals surface area contributed by atoms with Crippen molar-refractivity contribution in [2.75, 3.05) is 30.0 Å². The number of carbonyl (C=O) groups is 4. The summed E-state index contributed by atoms with van der Waals surface area (Å²) in [7, 11) is 0. The lowest BCUT2D eigenvalue weighted by molar-refractivity contribution is -0.122. The zero-order chi connectivity index (χ0) is 33.2. The lowest BCUT2D eigenvalue weighted by atomic mass is 9.83. The van der Waals surface area contributed by atoms with Crippen molar-refractivity contribution in [3.05, 3.63) is 97.4 Å². The fraction of sp³-hybridized carbons (Fsp3) is 0.242. The third-order valence-electron chi connectivity index (χ3n) is 7.57. The molecule has 47 heavy (non-hydrogen) atoms. The second kappa shape index (κ2) is 13.6. The number of aromatic nitrogens is 1. The van der Waals surface area contributed by atoms with E-state index in [0.717, 1.165) is 28.0 Å². The van der Waals surface area contributed by atoms with Gasteiger partial charge >= 0.3 is 10.8 Å². The number of imide groups is 1. The number of carbonyl (C=O) groups excluding carboxylic acids is 4. The average Bonchev–Trinajstić information content (AvgIpc) is 3.55. The number of nitrogens with zero attached hydrogens (tertiary/aromatic N) is 1. The molecule has 3 heterocycles. The van der Waals surface area contributed by atoms with E-state index in [-0.39, 0.29) is 18.1 Å². The van der Waals surface area contributed by atoms with E-state index >= 15 is 0 Å². The van der Waals surface area contributed by atoms with Gasteiger partial charge in [-0.1, -0.05) is 40.8 Å². The van der Waals surface area contributed by atoms with Gasteiger partial charge in [0, 0.05) is 21.5 Å². The minimum Gasteiger partial charge on any atom is -0.490 e. The van der Waals surface area contributed by atoms with Gasteiger partial charge in [0.1, 0.15) is 5.25 Å². The molecule has 0 bridgehead atoms. The molecular formula is C33H28ClN3O8S2. The molecule has 0 saturated carbocycles. The summed E-state index contributed by atoms with van der Waals surface area (Å²) in [5.74, 6) is -2.58. The molecular weight excluding hydrogens is 666 g/mol. The molecule has 2 N–H and O–H groups in total. The number of ether oxygens (including phenoxy) is 3. The molecule has 2 aliphatic heterocycles. The second-order valence-corrected chi connectivity index (χ2v) is 13.1. The molecule has 14 heteroatoms. The fourth-order valence-electron chi connectivity index (χ4n) is 5.57. The molecule has 0 radical (unpaired) electrons. The summed E-state index contributed by atoms with van der Waals surface area (Å²) in [6.45, 7) is 3.72. The number of thioether (sulfide) groups is 1. The third-order valence-corrected chi connectivity index (χ3v) is 10.2. The summed E-state index contributed by atoms with van der Waals surface area (Å²) in [5.41, 5.74) is 1.83. The van der Waals surface area contributed by atoms with Crippen molar-refractivity contribution in [1.82, 2.24) is 4.98 Å². The molecule has 2 aliphatic rings. The van der Waals surface area contributed by atoms with Gasteiger partial charge in [-0.25, -0.2) is 9.69 Å². The Kier molecular flexibility index (Phi) is 9.39. The highest BCUT2D eigenvalue weighted by Gasteiger charge is 2.56. The van der Waals surface area contributed by atoms with Crippen LogP contribution >= 0.6 is 34.7 Å². The van der Waals surface area contributed by atoms with Gasteiger partial charge in [-0.2, -0.15) is 0 Å². The number of H-pyrrole nitrogens is 1. The van der Waals surface area contributed by atoms with E-state index in [0.29, 0.717) is 55.5 Å². The van der Waals surface area contributed by atoms with Crippen molar-refractivity contribution >= 4 is 69.8 Å². The van der Waals surface area contributed by atoms with Crippen LogP contribution in [-0.2, 0) is 19.1 Å². The van der Waals surface area contributed by atoms with Crippen LogP contribution in [0, 0.1) is 5.92 Å². The number of nitrogens with one attached hydrogen (secondary N) is 2. The van der Waals surface area contributed by atoms with Gasteiger partial charge in [-0.15, -0.1) is 0 Å². The number of amides is 3. The summed E-state index contributed by atoms with van der Waals surface area (Å²) >= 11 is 8.07. The Bertz CT molecular complexity index is 1910. The number of fused-ring (bicyclic) bond motifs is 2. The number of aromatic amines is 1. The lowest BCUT2D eigenvalue weighted by Crippen LogP contribution is -2.32. The van der Waals surface area contributed by atoms with Crippen LogP contribution in [0.3, 0.4) is 0 Å². The monoisotopic (exact) mass is 693 g/mol. The van der Waals surface area contributed by atoms with Gasteiger partial charge in [0.05, 0.1) is 35.4 Å². The van der Waals surface area contributed by atoms with Crippen molar-refractivity contribution in [3.8, 4) is 11.5 Å². The summed E-state index contributed by atoms with van der Waals surface area (Å²) < 4.78 is 16.7. The maximum absolute atomic E-state index is 14.1. The zero-order valence-electron chi connectivity index (χ0n) is 25.1. The average molecular weight is 694 g/mol. The third kappa shape index (κ3) is 6.51. The number of thiazole rings is 1. The summed E-state index contributed by atoms with van der Waals surface area (Å²) in [5, 5.41) is 3.01. The van der Waals surface area contributed by atoms with E-state index in [1.807, 2.05) is 0 Å². The minimum atomic E-state index is -0.831. The molecule has 3 amide bonds.